The maximum absolute atomic E-state index is 13.1. The second-order valence-electron chi connectivity index (χ2n) is 7.62. The Morgan fingerprint density at radius 3 is 2.44 bits per heavy atom. The summed E-state index contributed by atoms with van der Waals surface area (Å²) in [5, 5.41) is 13.0. The van der Waals surface area contributed by atoms with E-state index in [0.29, 0.717) is 13.1 Å². The molecule has 1 aromatic rings. The summed E-state index contributed by atoms with van der Waals surface area (Å²) in [5.74, 6) is -0.313. The summed E-state index contributed by atoms with van der Waals surface area (Å²) in [6.07, 6.45) is 6.07. The molecule has 5 heteroatoms. The molecule has 0 spiro atoms. The molecule has 2 N–H and O–H groups in total. The maximum Gasteiger partial charge on any atom is 0.252 e. The molecule has 2 amide bonds. The van der Waals surface area contributed by atoms with Gasteiger partial charge in [-0.25, -0.2) is 0 Å². The third-order valence-electron chi connectivity index (χ3n) is 5.37. The molecule has 5 nitrogen and oxygen atoms in total. The molecule has 2 atom stereocenters. The van der Waals surface area contributed by atoms with Gasteiger partial charge in [0.25, 0.3) is 5.91 Å². The zero-order chi connectivity index (χ0) is 19.6. The average molecular weight is 375 g/mol. The fraction of sp³-hybridized carbons (Fsp3) is 0.636. The molecule has 0 heterocycles. The summed E-state index contributed by atoms with van der Waals surface area (Å²) in [5.41, 5.74) is 0.966. The molecule has 1 saturated carbocycles. The van der Waals surface area contributed by atoms with Crippen molar-refractivity contribution in [2.24, 2.45) is 5.92 Å². The number of amides is 2. The van der Waals surface area contributed by atoms with Crippen molar-refractivity contribution in [1.82, 2.24) is 10.2 Å². The molecule has 1 aliphatic carbocycles. The molecular weight excluding hydrogens is 340 g/mol. The first kappa shape index (κ1) is 21.4. The van der Waals surface area contributed by atoms with Gasteiger partial charge in [-0.05, 0) is 37.7 Å². The lowest BCUT2D eigenvalue weighted by molar-refractivity contribution is -0.149. The van der Waals surface area contributed by atoms with E-state index >= 15 is 0 Å². The average Bonchev–Trinajstić information content (AvgIpc) is 2.68. The summed E-state index contributed by atoms with van der Waals surface area (Å²) >= 11 is 0. The Kier molecular flexibility index (Phi) is 8.79. The van der Waals surface area contributed by atoms with Crippen molar-refractivity contribution in [3.63, 3.8) is 0 Å². The summed E-state index contributed by atoms with van der Waals surface area (Å²) in [4.78, 5) is 27.6. The van der Waals surface area contributed by atoms with Crippen LogP contribution in [-0.4, -0.2) is 40.5 Å². The van der Waals surface area contributed by atoms with Gasteiger partial charge in [-0.1, -0.05) is 62.9 Å². The highest BCUT2D eigenvalue weighted by molar-refractivity contribution is 5.89. The summed E-state index contributed by atoms with van der Waals surface area (Å²) in [6, 6.07) is 9.17. The number of hydrogen-bond donors (Lipinski definition) is 2. The smallest absolute Gasteiger partial charge is 0.252 e. The number of aliphatic hydroxyl groups excluding tert-OH is 1. The summed E-state index contributed by atoms with van der Waals surface area (Å²) in [7, 11) is 0. The van der Waals surface area contributed by atoms with Gasteiger partial charge in [0, 0.05) is 13.1 Å². The Balaban J connectivity index is 2.28. The van der Waals surface area contributed by atoms with E-state index in [-0.39, 0.29) is 17.7 Å². The number of carbonyl (C=O) groups excluding carboxylic acids is 2. The molecule has 0 aromatic heterocycles. The van der Waals surface area contributed by atoms with Crippen molar-refractivity contribution in [3.05, 3.63) is 35.9 Å². The van der Waals surface area contributed by atoms with Gasteiger partial charge in [0.1, 0.15) is 12.1 Å². The number of aliphatic hydroxyl groups is 1. The molecule has 150 valence electrons. The summed E-state index contributed by atoms with van der Waals surface area (Å²) < 4.78 is 0. The first-order valence-corrected chi connectivity index (χ1v) is 10.3. The van der Waals surface area contributed by atoms with E-state index in [1.807, 2.05) is 30.3 Å². The zero-order valence-corrected chi connectivity index (χ0v) is 16.7. The van der Waals surface area contributed by atoms with Crippen molar-refractivity contribution in [1.29, 1.82) is 0 Å². The maximum atomic E-state index is 13.1. The van der Waals surface area contributed by atoms with Gasteiger partial charge in [-0.3, -0.25) is 9.59 Å². The van der Waals surface area contributed by atoms with E-state index in [4.69, 9.17) is 0 Å². The predicted octanol–water partition coefficient (Wildman–Crippen LogP) is 3.26. The van der Waals surface area contributed by atoms with Crippen LogP contribution in [0.2, 0.25) is 0 Å². The van der Waals surface area contributed by atoms with Gasteiger partial charge >= 0.3 is 0 Å². The van der Waals surface area contributed by atoms with Crippen LogP contribution in [0.1, 0.15) is 64.4 Å². The zero-order valence-electron chi connectivity index (χ0n) is 16.7. The minimum Gasteiger partial charge on any atom is -0.384 e. The van der Waals surface area contributed by atoms with Crippen LogP contribution in [0.4, 0.5) is 0 Å². The Morgan fingerprint density at radius 2 is 1.85 bits per heavy atom. The lowest BCUT2D eigenvalue weighted by atomic mass is 9.82. The highest BCUT2D eigenvalue weighted by Gasteiger charge is 2.38. The minimum atomic E-state index is -1.12. The molecule has 0 radical (unpaired) electrons. The number of nitrogens with zero attached hydrogens (tertiary/aromatic N) is 1. The van der Waals surface area contributed by atoms with Gasteiger partial charge in [0.05, 0.1) is 0 Å². The van der Waals surface area contributed by atoms with Crippen molar-refractivity contribution < 1.29 is 14.7 Å². The minimum absolute atomic E-state index is 0.0831. The largest absolute Gasteiger partial charge is 0.384 e. The number of benzene rings is 1. The van der Waals surface area contributed by atoms with Gasteiger partial charge in [0.2, 0.25) is 5.91 Å². The van der Waals surface area contributed by atoms with E-state index in [1.165, 1.54) is 13.3 Å². The van der Waals surface area contributed by atoms with E-state index in [0.717, 1.165) is 44.1 Å². The van der Waals surface area contributed by atoms with Gasteiger partial charge < -0.3 is 15.3 Å². The van der Waals surface area contributed by atoms with Crippen LogP contribution in [0.3, 0.4) is 0 Å². The number of rotatable bonds is 9. The van der Waals surface area contributed by atoms with Crippen molar-refractivity contribution in [2.75, 3.05) is 6.54 Å². The van der Waals surface area contributed by atoms with Crippen LogP contribution in [-0.2, 0) is 16.1 Å². The van der Waals surface area contributed by atoms with Gasteiger partial charge in [0.15, 0.2) is 0 Å². The molecule has 0 aliphatic heterocycles. The predicted molar refractivity (Wildman–Crippen MR) is 107 cm³/mol. The van der Waals surface area contributed by atoms with Crippen LogP contribution in [0.5, 0.6) is 0 Å². The Morgan fingerprint density at radius 1 is 1.19 bits per heavy atom. The first-order chi connectivity index (χ1) is 13.0. The first-order valence-electron chi connectivity index (χ1n) is 10.3. The third-order valence-corrected chi connectivity index (χ3v) is 5.37. The molecule has 2 rings (SSSR count). The van der Waals surface area contributed by atoms with Crippen molar-refractivity contribution in [2.45, 2.75) is 77.5 Å². The highest BCUT2D eigenvalue weighted by atomic mass is 16.3. The topological polar surface area (TPSA) is 69.6 Å². The molecule has 1 aliphatic rings. The lowest BCUT2D eigenvalue weighted by Crippen LogP contribution is -2.55. The van der Waals surface area contributed by atoms with Crippen molar-refractivity contribution >= 4 is 11.8 Å². The molecule has 27 heavy (non-hydrogen) atoms. The molecular formula is C22H34N2O3. The van der Waals surface area contributed by atoms with E-state index < -0.39 is 12.1 Å². The quantitative estimate of drug-likeness (QED) is 0.652. The van der Waals surface area contributed by atoms with Gasteiger partial charge in [-0.15, -0.1) is 0 Å². The standard InChI is InChI=1S/C22H34N2O3/c1-3-4-15-23-21(26)20(19-13-9-6-10-14-19)24(22(27)17(2)25)16-18-11-7-5-8-12-18/h5,7-8,11-12,17,19-20,25H,3-4,6,9-10,13-16H2,1-2H3,(H,23,26). The Bertz CT molecular complexity index is 582. The van der Waals surface area contributed by atoms with Gasteiger partial charge in [-0.2, -0.15) is 0 Å². The summed E-state index contributed by atoms with van der Waals surface area (Å²) in [6.45, 7) is 4.53. The third kappa shape index (κ3) is 6.35. The molecule has 2 unspecified atom stereocenters. The number of unbranched alkanes of at least 4 members (excludes halogenated alkanes) is 1. The highest BCUT2D eigenvalue weighted by Crippen LogP contribution is 2.30. The van der Waals surface area contributed by atoms with Crippen LogP contribution >= 0.6 is 0 Å². The molecule has 1 aromatic carbocycles. The van der Waals surface area contributed by atoms with Crippen LogP contribution in [0.15, 0.2) is 30.3 Å². The number of nitrogens with one attached hydrogen (secondary N) is 1. The second kappa shape index (κ2) is 11.1. The van der Waals surface area contributed by atoms with E-state index in [1.54, 1.807) is 4.90 Å². The molecule has 0 saturated heterocycles. The van der Waals surface area contributed by atoms with Crippen LogP contribution in [0, 0.1) is 5.92 Å². The van der Waals surface area contributed by atoms with E-state index in [2.05, 4.69) is 12.2 Å². The van der Waals surface area contributed by atoms with Crippen molar-refractivity contribution in [3.8, 4) is 0 Å². The van der Waals surface area contributed by atoms with Crippen LogP contribution in [0.25, 0.3) is 0 Å². The van der Waals surface area contributed by atoms with E-state index in [9.17, 15) is 14.7 Å². The Hall–Kier alpha value is -1.88. The molecule has 0 bridgehead atoms. The SMILES string of the molecule is CCCCNC(=O)C(C1CCCCC1)N(Cc1ccccc1)C(=O)C(C)O. The van der Waals surface area contributed by atoms with Crippen LogP contribution < -0.4 is 5.32 Å². The Labute approximate surface area is 163 Å². The fourth-order valence-electron chi connectivity index (χ4n) is 3.89. The number of hydrogen-bond acceptors (Lipinski definition) is 3. The monoisotopic (exact) mass is 374 g/mol. The lowest BCUT2D eigenvalue weighted by Gasteiger charge is -2.38. The fourth-order valence-corrected chi connectivity index (χ4v) is 3.89. The second-order valence-corrected chi connectivity index (χ2v) is 7.62. The molecule has 1 fully saturated rings. The normalized spacial score (nSPS) is 17.1. The number of carbonyl (C=O) groups is 2.